The normalized spacial score (nSPS) is 13.4. The van der Waals surface area contributed by atoms with E-state index in [1.165, 1.54) is 12.5 Å². The van der Waals surface area contributed by atoms with Crippen LogP contribution in [0, 0.1) is 0 Å². The molecule has 0 heterocycles. The molecule has 0 aromatic heterocycles. The van der Waals surface area contributed by atoms with Crippen LogP contribution in [0.3, 0.4) is 0 Å². The summed E-state index contributed by atoms with van der Waals surface area (Å²) in [6, 6.07) is 11.9. The van der Waals surface area contributed by atoms with Crippen LogP contribution in [0.1, 0.15) is 37.3 Å². The van der Waals surface area contributed by atoms with Crippen LogP contribution in [0.25, 0.3) is 0 Å². The quantitative estimate of drug-likeness (QED) is 0.647. The first-order chi connectivity index (χ1) is 13.8. The lowest BCUT2D eigenvalue weighted by molar-refractivity contribution is -0.116. The van der Waals surface area contributed by atoms with Gasteiger partial charge in [-0.1, -0.05) is 6.07 Å². The van der Waals surface area contributed by atoms with Crippen LogP contribution in [0.2, 0.25) is 0 Å². The highest BCUT2D eigenvalue weighted by Crippen LogP contribution is 2.24. The van der Waals surface area contributed by atoms with Crippen molar-refractivity contribution in [1.29, 1.82) is 0 Å². The Morgan fingerprint density at radius 3 is 2.17 bits per heavy atom. The van der Waals surface area contributed by atoms with E-state index in [2.05, 4.69) is 15.4 Å². The summed E-state index contributed by atoms with van der Waals surface area (Å²) in [5, 5.41) is 5.35. The van der Waals surface area contributed by atoms with Gasteiger partial charge in [0.05, 0.1) is 4.90 Å². The molecule has 3 rings (SSSR count). The highest BCUT2D eigenvalue weighted by molar-refractivity contribution is 7.89. The second-order valence-corrected chi connectivity index (χ2v) is 8.86. The molecule has 8 heteroatoms. The summed E-state index contributed by atoms with van der Waals surface area (Å²) >= 11 is 0. The van der Waals surface area contributed by atoms with Gasteiger partial charge in [-0.25, -0.2) is 13.1 Å². The molecule has 0 bridgehead atoms. The molecule has 1 aliphatic rings. The fourth-order valence-corrected chi connectivity index (χ4v) is 4.40. The van der Waals surface area contributed by atoms with Gasteiger partial charge in [-0.05, 0) is 73.2 Å². The molecule has 2 aromatic rings. The van der Waals surface area contributed by atoms with Crippen molar-refractivity contribution >= 4 is 33.2 Å². The second kappa shape index (κ2) is 9.19. The molecule has 0 saturated carbocycles. The summed E-state index contributed by atoms with van der Waals surface area (Å²) in [6.07, 6.45) is 4.13. The lowest BCUT2D eigenvalue weighted by Crippen LogP contribution is -2.28. The topological polar surface area (TPSA) is 104 Å². The third-order valence-corrected chi connectivity index (χ3v) is 6.22. The minimum atomic E-state index is -3.65. The van der Waals surface area contributed by atoms with Crippen molar-refractivity contribution < 1.29 is 18.0 Å². The Bertz CT molecular complexity index is 1000. The summed E-state index contributed by atoms with van der Waals surface area (Å²) < 4.78 is 27.5. The summed E-state index contributed by atoms with van der Waals surface area (Å²) in [7, 11) is -3.65. The number of benzene rings is 2. The number of sulfonamides is 1. The Balaban J connectivity index is 1.51. The predicted molar refractivity (Wildman–Crippen MR) is 112 cm³/mol. The number of rotatable bonds is 7. The molecular weight excluding hydrogens is 390 g/mol. The van der Waals surface area contributed by atoms with E-state index < -0.39 is 10.0 Å². The minimum Gasteiger partial charge on any atom is -0.326 e. The van der Waals surface area contributed by atoms with Gasteiger partial charge in [0.25, 0.3) is 0 Å². The van der Waals surface area contributed by atoms with Crippen LogP contribution in [-0.4, -0.2) is 26.8 Å². The number of carbonyl (C=O) groups excluding carboxylic acids is 2. The van der Waals surface area contributed by atoms with Gasteiger partial charge in [-0.15, -0.1) is 0 Å². The number of carbonyl (C=O) groups is 2. The Labute approximate surface area is 171 Å². The molecule has 1 aliphatic carbocycles. The first kappa shape index (κ1) is 21.0. The van der Waals surface area contributed by atoms with Crippen molar-refractivity contribution in [2.75, 3.05) is 17.2 Å². The Kier molecular flexibility index (Phi) is 6.66. The lowest BCUT2D eigenvalue weighted by Gasteiger charge is -2.16. The summed E-state index contributed by atoms with van der Waals surface area (Å²) in [6.45, 7) is 1.43. The number of aryl methyl sites for hydroxylation is 2. The molecule has 0 spiro atoms. The zero-order valence-corrected chi connectivity index (χ0v) is 17.1. The molecule has 0 fully saturated rings. The van der Waals surface area contributed by atoms with Crippen LogP contribution in [0.15, 0.2) is 47.4 Å². The van der Waals surface area contributed by atoms with E-state index in [9.17, 15) is 18.0 Å². The van der Waals surface area contributed by atoms with Crippen LogP contribution in [0.4, 0.5) is 11.4 Å². The SMILES string of the molecule is CC(=O)Nc1ccc(NC(=O)CCNS(=O)(=O)c2ccc3c(c2)CCCC3)cc1. The standard InChI is InChI=1S/C21H25N3O4S/c1-15(25)23-18-7-9-19(10-8-18)24-21(26)12-13-22-29(27,28)20-11-6-16-4-2-3-5-17(16)14-20/h6-11,14,22H,2-5,12-13H2,1H3,(H,23,25)(H,24,26). The number of hydrogen-bond acceptors (Lipinski definition) is 4. The van der Waals surface area contributed by atoms with E-state index in [0.29, 0.717) is 11.4 Å². The van der Waals surface area contributed by atoms with Crippen molar-refractivity contribution in [3.05, 3.63) is 53.6 Å². The highest BCUT2D eigenvalue weighted by atomic mass is 32.2. The Hall–Kier alpha value is -2.71. The van der Waals surface area contributed by atoms with Crippen molar-refractivity contribution in [1.82, 2.24) is 4.72 Å². The fraction of sp³-hybridized carbons (Fsp3) is 0.333. The fourth-order valence-electron chi connectivity index (χ4n) is 3.32. The molecule has 0 radical (unpaired) electrons. The van der Waals surface area contributed by atoms with Crippen molar-refractivity contribution in [3.63, 3.8) is 0 Å². The number of hydrogen-bond donors (Lipinski definition) is 3. The average Bonchev–Trinajstić information content (AvgIpc) is 2.68. The van der Waals surface area contributed by atoms with Gasteiger partial charge in [-0.2, -0.15) is 0 Å². The summed E-state index contributed by atoms with van der Waals surface area (Å²) in [5.41, 5.74) is 3.52. The number of nitrogens with one attached hydrogen (secondary N) is 3. The first-order valence-corrected chi connectivity index (χ1v) is 11.1. The first-order valence-electron chi connectivity index (χ1n) is 9.62. The van der Waals surface area contributed by atoms with Gasteiger partial charge in [0.15, 0.2) is 0 Å². The van der Waals surface area contributed by atoms with E-state index in [0.717, 1.165) is 31.2 Å². The third-order valence-electron chi connectivity index (χ3n) is 4.76. The van der Waals surface area contributed by atoms with Gasteiger partial charge < -0.3 is 10.6 Å². The van der Waals surface area contributed by atoms with Gasteiger partial charge >= 0.3 is 0 Å². The predicted octanol–water partition coefficient (Wildman–Crippen LogP) is 2.83. The van der Waals surface area contributed by atoms with Crippen LogP contribution in [-0.2, 0) is 32.5 Å². The summed E-state index contributed by atoms with van der Waals surface area (Å²) in [5.74, 6) is -0.474. The zero-order valence-electron chi connectivity index (χ0n) is 16.3. The third kappa shape index (κ3) is 5.88. The molecule has 0 atom stereocenters. The highest BCUT2D eigenvalue weighted by Gasteiger charge is 2.17. The maximum absolute atomic E-state index is 12.5. The maximum Gasteiger partial charge on any atom is 0.240 e. The van der Waals surface area contributed by atoms with Gasteiger partial charge in [0, 0.05) is 31.3 Å². The molecule has 2 aromatic carbocycles. The number of fused-ring (bicyclic) bond motifs is 1. The van der Waals surface area contributed by atoms with Gasteiger partial charge in [0.2, 0.25) is 21.8 Å². The smallest absolute Gasteiger partial charge is 0.240 e. The van der Waals surface area contributed by atoms with Crippen LogP contribution >= 0.6 is 0 Å². The monoisotopic (exact) mass is 415 g/mol. The van der Waals surface area contributed by atoms with E-state index >= 15 is 0 Å². The Morgan fingerprint density at radius 1 is 0.897 bits per heavy atom. The Morgan fingerprint density at radius 2 is 1.52 bits per heavy atom. The number of anilines is 2. The molecule has 3 N–H and O–H groups in total. The molecule has 29 heavy (non-hydrogen) atoms. The zero-order chi connectivity index (χ0) is 20.9. The van der Waals surface area contributed by atoms with E-state index in [4.69, 9.17) is 0 Å². The average molecular weight is 416 g/mol. The molecular formula is C21H25N3O4S. The molecule has 0 aliphatic heterocycles. The lowest BCUT2D eigenvalue weighted by atomic mass is 9.92. The van der Waals surface area contributed by atoms with Gasteiger partial charge in [0.1, 0.15) is 0 Å². The maximum atomic E-state index is 12.5. The molecule has 0 unspecified atom stereocenters. The molecule has 0 saturated heterocycles. The largest absolute Gasteiger partial charge is 0.326 e. The molecule has 154 valence electrons. The molecule has 7 nitrogen and oxygen atoms in total. The number of amides is 2. The van der Waals surface area contributed by atoms with E-state index in [1.54, 1.807) is 36.4 Å². The molecule has 2 amide bonds. The van der Waals surface area contributed by atoms with Crippen molar-refractivity contribution in [3.8, 4) is 0 Å². The minimum absolute atomic E-state index is 0.00915. The van der Waals surface area contributed by atoms with E-state index in [-0.39, 0.29) is 29.7 Å². The van der Waals surface area contributed by atoms with Crippen LogP contribution < -0.4 is 15.4 Å². The van der Waals surface area contributed by atoms with E-state index in [1.807, 2.05) is 6.07 Å². The van der Waals surface area contributed by atoms with Crippen molar-refractivity contribution in [2.45, 2.75) is 43.9 Å². The van der Waals surface area contributed by atoms with Crippen LogP contribution in [0.5, 0.6) is 0 Å². The van der Waals surface area contributed by atoms with Gasteiger partial charge in [-0.3, -0.25) is 9.59 Å². The van der Waals surface area contributed by atoms with Crippen molar-refractivity contribution in [2.24, 2.45) is 0 Å². The second-order valence-electron chi connectivity index (χ2n) is 7.09. The summed E-state index contributed by atoms with van der Waals surface area (Å²) in [4.78, 5) is 23.3.